The summed E-state index contributed by atoms with van der Waals surface area (Å²) in [5, 5.41) is 2.70. The fourth-order valence-electron chi connectivity index (χ4n) is 0.957. The van der Waals surface area contributed by atoms with Crippen molar-refractivity contribution >= 4 is 11.4 Å². The molecule has 0 radical (unpaired) electrons. The normalized spacial score (nSPS) is 9.92. The first-order chi connectivity index (χ1) is 5.65. The van der Waals surface area contributed by atoms with Crippen molar-refractivity contribution in [1.82, 2.24) is 0 Å². The van der Waals surface area contributed by atoms with Crippen LogP contribution in [0.5, 0.6) is 0 Å². The van der Waals surface area contributed by atoms with Gasteiger partial charge in [0.05, 0.1) is 11.4 Å². The van der Waals surface area contributed by atoms with Crippen LogP contribution in [0.3, 0.4) is 0 Å². The van der Waals surface area contributed by atoms with E-state index < -0.39 is 11.6 Å². The minimum Gasteiger partial charge on any atom is -0.397 e. The molecule has 0 aliphatic heterocycles. The summed E-state index contributed by atoms with van der Waals surface area (Å²) in [4.78, 5) is 0. The second kappa shape index (κ2) is 3.38. The van der Waals surface area contributed by atoms with Crippen LogP contribution in [0.4, 0.5) is 20.2 Å². The molecular formula is C8H10F2N2. The lowest BCUT2D eigenvalue weighted by molar-refractivity contribution is 0.586. The molecule has 66 valence electrons. The Morgan fingerprint density at radius 3 is 2.58 bits per heavy atom. The van der Waals surface area contributed by atoms with Crippen LogP contribution < -0.4 is 11.1 Å². The number of benzene rings is 1. The van der Waals surface area contributed by atoms with Gasteiger partial charge >= 0.3 is 0 Å². The summed E-state index contributed by atoms with van der Waals surface area (Å²) in [5.74, 6) is -1.32. The van der Waals surface area contributed by atoms with E-state index in [9.17, 15) is 8.78 Å². The van der Waals surface area contributed by atoms with Crippen molar-refractivity contribution in [2.24, 2.45) is 0 Å². The number of nitrogens with two attached hydrogens (primary N) is 1. The third-order valence-electron chi connectivity index (χ3n) is 1.44. The quantitative estimate of drug-likeness (QED) is 0.669. The Labute approximate surface area is 69.4 Å². The van der Waals surface area contributed by atoms with Gasteiger partial charge in [-0.15, -0.1) is 0 Å². The van der Waals surface area contributed by atoms with E-state index in [4.69, 9.17) is 5.73 Å². The van der Waals surface area contributed by atoms with E-state index >= 15 is 0 Å². The molecule has 0 spiro atoms. The van der Waals surface area contributed by atoms with Gasteiger partial charge in [0.25, 0.3) is 0 Å². The molecule has 0 amide bonds. The zero-order valence-corrected chi connectivity index (χ0v) is 6.70. The fourth-order valence-corrected chi connectivity index (χ4v) is 0.957. The highest BCUT2D eigenvalue weighted by molar-refractivity contribution is 5.66. The summed E-state index contributed by atoms with van der Waals surface area (Å²) in [6.07, 6.45) is 0. The topological polar surface area (TPSA) is 38.0 Å². The third-order valence-corrected chi connectivity index (χ3v) is 1.44. The summed E-state index contributed by atoms with van der Waals surface area (Å²) in [6.45, 7) is 2.36. The summed E-state index contributed by atoms with van der Waals surface area (Å²) in [6, 6.07) is 1.88. The maximum Gasteiger partial charge on any atom is 0.151 e. The van der Waals surface area contributed by atoms with Crippen molar-refractivity contribution in [3.05, 3.63) is 23.8 Å². The Morgan fingerprint density at radius 1 is 1.42 bits per heavy atom. The van der Waals surface area contributed by atoms with Gasteiger partial charge in [-0.2, -0.15) is 0 Å². The van der Waals surface area contributed by atoms with Crippen LogP contribution in [0.1, 0.15) is 6.92 Å². The smallest absolute Gasteiger partial charge is 0.151 e. The molecule has 0 fully saturated rings. The largest absolute Gasteiger partial charge is 0.397 e. The molecule has 0 aromatic heterocycles. The zero-order chi connectivity index (χ0) is 9.14. The van der Waals surface area contributed by atoms with Crippen molar-refractivity contribution in [1.29, 1.82) is 0 Å². The third kappa shape index (κ3) is 1.64. The number of hydrogen-bond acceptors (Lipinski definition) is 2. The molecule has 1 rings (SSSR count). The van der Waals surface area contributed by atoms with E-state index in [1.165, 1.54) is 0 Å². The molecule has 1 aromatic rings. The number of rotatable bonds is 2. The van der Waals surface area contributed by atoms with Crippen molar-refractivity contribution < 1.29 is 8.78 Å². The molecule has 4 heteroatoms. The number of hydrogen-bond donors (Lipinski definition) is 2. The molecule has 12 heavy (non-hydrogen) atoms. The van der Waals surface area contributed by atoms with Gasteiger partial charge in [0, 0.05) is 12.6 Å². The van der Waals surface area contributed by atoms with E-state index in [0.29, 0.717) is 6.54 Å². The molecule has 0 atom stereocenters. The Kier molecular flexibility index (Phi) is 2.47. The number of nitrogens with one attached hydrogen (secondary N) is 1. The maximum atomic E-state index is 12.9. The Balaban J connectivity index is 3.10. The van der Waals surface area contributed by atoms with Gasteiger partial charge in [-0.05, 0) is 13.0 Å². The molecule has 1 aromatic carbocycles. The second-order valence-corrected chi connectivity index (χ2v) is 2.38. The highest BCUT2D eigenvalue weighted by atomic mass is 19.1. The molecule has 0 saturated carbocycles. The molecule has 0 saturated heterocycles. The van der Waals surface area contributed by atoms with Crippen molar-refractivity contribution in [3.8, 4) is 0 Å². The fraction of sp³-hybridized carbons (Fsp3) is 0.250. The lowest BCUT2D eigenvalue weighted by atomic mass is 10.2. The van der Waals surface area contributed by atoms with Crippen LogP contribution in [0.2, 0.25) is 0 Å². The standard InChI is InChI=1S/C8H10F2N2/c1-2-12-8-6(10)3-5(9)4-7(8)11/h3-4,12H,2,11H2,1H3. The van der Waals surface area contributed by atoms with Crippen LogP contribution in [0.25, 0.3) is 0 Å². The monoisotopic (exact) mass is 172 g/mol. The SMILES string of the molecule is CCNc1c(N)cc(F)cc1F. The Morgan fingerprint density at radius 2 is 2.08 bits per heavy atom. The summed E-state index contributed by atoms with van der Waals surface area (Å²) < 4.78 is 25.4. The van der Waals surface area contributed by atoms with E-state index in [2.05, 4.69) is 5.32 Å². The van der Waals surface area contributed by atoms with Crippen LogP contribution in [-0.2, 0) is 0 Å². The predicted octanol–water partition coefficient (Wildman–Crippen LogP) is 1.98. The van der Waals surface area contributed by atoms with Crippen molar-refractivity contribution in [3.63, 3.8) is 0 Å². The maximum absolute atomic E-state index is 12.9. The lowest BCUT2D eigenvalue weighted by Crippen LogP contribution is -2.04. The van der Waals surface area contributed by atoms with Gasteiger partial charge in [0.2, 0.25) is 0 Å². The van der Waals surface area contributed by atoms with Crippen molar-refractivity contribution in [2.45, 2.75) is 6.92 Å². The first-order valence-electron chi connectivity index (χ1n) is 3.63. The molecule has 0 unspecified atom stereocenters. The van der Waals surface area contributed by atoms with E-state index in [-0.39, 0.29) is 11.4 Å². The Bertz CT molecular complexity index is 263. The van der Waals surface area contributed by atoms with Crippen LogP contribution in [-0.4, -0.2) is 6.54 Å². The van der Waals surface area contributed by atoms with Crippen molar-refractivity contribution in [2.75, 3.05) is 17.6 Å². The minimum absolute atomic E-state index is 0.0920. The molecule has 3 N–H and O–H groups in total. The van der Waals surface area contributed by atoms with Gasteiger partial charge in [-0.25, -0.2) is 8.78 Å². The van der Waals surface area contributed by atoms with Gasteiger partial charge in [0.15, 0.2) is 5.82 Å². The number of nitrogen functional groups attached to an aromatic ring is 1. The number of halogens is 2. The summed E-state index contributed by atoms with van der Waals surface area (Å²) in [5.41, 5.74) is 5.62. The Hall–Kier alpha value is -1.32. The molecule has 0 bridgehead atoms. The van der Waals surface area contributed by atoms with Gasteiger partial charge in [0.1, 0.15) is 5.82 Å². The molecule has 0 aliphatic carbocycles. The highest BCUT2D eigenvalue weighted by Crippen LogP contribution is 2.23. The average molecular weight is 172 g/mol. The predicted molar refractivity (Wildman–Crippen MR) is 44.9 cm³/mol. The first kappa shape index (κ1) is 8.77. The van der Waals surface area contributed by atoms with E-state index in [0.717, 1.165) is 12.1 Å². The average Bonchev–Trinajstić information content (AvgIpc) is 1.96. The second-order valence-electron chi connectivity index (χ2n) is 2.38. The van der Waals surface area contributed by atoms with Crippen LogP contribution >= 0.6 is 0 Å². The molecule has 2 nitrogen and oxygen atoms in total. The highest BCUT2D eigenvalue weighted by Gasteiger charge is 2.06. The van der Waals surface area contributed by atoms with E-state index in [1.54, 1.807) is 0 Å². The minimum atomic E-state index is -0.661. The number of anilines is 2. The van der Waals surface area contributed by atoms with E-state index in [1.807, 2.05) is 6.92 Å². The summed E-state index contributed by atoms with van der Waals surface area (Å²) in [7, 11) is 0. The molecule has 0 heterocycles. The van der Waals surface area contributed by atoms with Crippen LogP contribution in [0, 0.1) is 11.6 Å². The van der Waals surface area contributed by atoms with Gasteiger partial charge < -0.3 is 11.1 Å². The summed E-state index contributed by atoms with van der Waals surface area (Å²) >= 11 is 0. The van der Waals surface area contributed by atoms with Gasteiger partial charge in [-0.1, -0.05) is 0 Å². The molecule has 0 aliphatic rings. The molecular weight excluding hydrogens is 162 g/mol. The van der Waals surface area contributed by atoms with Gasteiger partial charge in [-0.3, -0.25) is 0 Å². The lowest BCUT2D eigenvalue weighted by Gasteiger charge is -2.07. The first-order valence-corrected chi connectivity index (χ1v) is 3.63. The zero-order valence-electron chi connectivity index (χ0n) is 6.70. The van der Waals surface area contributed by atoms with Crippen LogP contribution in [0.15, 0.2) is 12.1 Å².